The lowest BCUT2D eigenvalue weighted by atomic mass is 9.62. The lowest BCUT2D eigenvalue weighted by Crippen LogP contribution is -2.52. The summed E-state index contributed by atoms with van der Waals surface area (Å²) in [6, 6.07) is 15.6. The lowest BCUT2D eigenvalue weighted by molar-refractivity contribution is -0.119. The zero-order chi connectivity index (χ0) is 34.5. The number of amides is 1. The van der Waals surface area contributed by atoms with E-state index >= 15 is 13.6 Å². The van der Waals surface area contributed by atoms with Crippen molar-refractivity contribution in [1.29, 1.82) is 5.26 Å². The Labute approximate surface area is 290 Å². The maximum absolute atomic E-state index is 16.3. The van der Waals surface area contributed by atoms with Gasteiger partial charge in [-0.05, 0) is 72.2 Å². The third kappa shape index (κ3) is 5.88. The van der Waals surface area contributed by atoms with Crippen LogP contribution in [-0.4, -0.2) is 40.1 Å². The molecule has 2 aliphatic heterocycles. The number of carboxylic acid groups (broad SMARTS) is 1. The monoisotopic (exact) mass is 693 g/mol. The van der Waals surface area contributed by atoms with Gasteiger partial charge in [0.05, 0.1) is 22.8 Å². The number of halogens is 4. The molecule has 3 aliphatic rings. The number of carbonyl (C=O) groups excluding carboxylic acids is 1. The first-order valence-electron chi connectivity index (χ1n) is 16.5. The summed E-state index contributed by atoms with van der Waals surface area (Å²) in [5, 5.41) is 21.0. The van der Waals surface area contributed by atoms with E-state index in [1.165, 1.54) is 36.4 Å². The minimum Gasteiger partial charge on any atom is -0.478 e. The van der Waals surface area contributed by atoms with Crippen LogP contribution >= 0.6 is 23.2 Å². The van der Waals surface area contributed by atoms with E-state index in [4.69, 9.17) is 23.2 Å². The molecule has 0 radical (unpaired) electrons. The summed E-state index contributed by atoms with van der Waals surface area (Å²) in [5.41, 5.74) is -1.38. The van der Waals surface area contributed by atoms with Crippen molar-refractivity contribution in [3.63, 3.8) is 0 Å². The van der Waals surface area contributed by atoms with Gasteiger partial charge in [-0.25, -0.2) is 13.6 Å². The van der Waals surface area contributed by atoms with Gasteiger partial charge >= 0.3 is 5.97 Å². The number of anilines is 1. The molecule has 1 saturated carbocycles. The van der Waals surface area contributed by atoms with Crippen LogP contribution < -0.4 is 4.90 Å². The van der Waals surface area contributed by atoms with E-state index in [2.05, 4.69) is 11.0 Å². The molecule has 10 heteroatoms. The summed E-state index contributed by atoms with van der Waals surface area (Å²) < 4.78 is 32.6. The Morgan fingerprint density at radius 2 is 1.73 bits per heavy atom. The second-order valence-corrected chi connectivity index (χ2v) is 15.5. The summed E-state index contributed by atoms with van der Waals surface area (Å²) in [4.78, 5) is 30.6. The number of hydrogen-bond acceptors (Lipinski definition) is 4. The van der Waals surface area contributed by atoms with Gasteiger partial charge < -0.3 is 5.11 Å². The smallest absolute Gasteiger partial charge is 0.335 e. The van der Waals surface area contributed by atoms with Gasteiger partial charge in [-0.1, -0.05) is 94.3 Å². The normalized spacial score (nSPS) is 26.5. The summed E-state index contributed by atoms with van der Waals surface area (Å²) in [6.45, 7) is 6.10. The van der Waals surface area contributed by atoms with E-state index in [-0.39, 0.29) is 38.6 Å². The summed E-state index contributed by atoms with van der Waals surface area (Å²) in [7, 11) is 0. The van der Waals surface area contributed by atoms with Gasteiger partial charge in [-0.2, -0.15) is 5.26 Å². The highest BCUT2D eigenvalue weighted by Crippen LogP contribution is 2.60. The third-order valence-corrected chi connectivity index (χ3v) is 11.0. The molecule has 0 spiro atoms. The Bertz CT molecular complexity index is 1770. The predicted octanol–water partition coefficient (Wildman–Crippen LogP) is 9.35. The number of carboxylic acids is 1. The highest BCUT2D eigenvalue weighted by atomic mass is 35.5. The first kappa shape index (κ1) is 34.4. The zero-order valence-corrected chi connectivity index (χ0v) is 28.7. The SMILES string of the molecule is CC(C)(C)C[C@@H]1N2[C@H](CC3CCCCC3)N(c3ccc(C(=O)O)cc3)C(=O)[C@H]2[C@H](c2cccc(Cl)c2F)[C@@]1(C#N)c1ccc(Cl)cc1F. The molecule has 3 fully saturated rings. The van der Waals surface area contributed by atoms with Crippen LogP contribution in [0.2, 0.25) is 10.0 Å². The minimum atomic E-state index is -1.71. The van der Waals surface area contributed by atoms with Crippen LogP contribution in [0.25, 0.3) is 0 Å². The van der Waals surface area contributed by atoms with Crippen LogP contribution in [-0.2, 0) is 10.2 Å². The second kappa shape index (κ2) is 13.1. The Morgan fingerprint density at radius 3 is 2.33 bits per heavy atom. The maximum atomic E-state index is 16.3. The molecule has 3 aromatic carbocycles. The van der Waals surface area contributed by atoms with E-state index in [1.807, 2.05) is 20.8 Å². The topological polar surface area (TPSA) is 84.6 Å². The number of fused-ring (bicyclic) bond motifs is 1. The van der Waals surface area contributed by atoms with Gasteiger partial charge in [0.15, 0.2) is 0 Å². The molecule has 3 aromatic rings. The maximum Gasteiger partial charge on any atom is 0.335 e. The predicted molar refractivity (Wildman–Crippen MR) is 182 cm³/mol. The molecular weight excluding hydrogens is 655 g/mol. The summed E-state index contributed by atoms with van der Waals surface area (Å²) in [6.07, 6.45) is 5.69. The van der Waals surface area contributed by atoms with Gasteiger partial charge in [0, 0.05) is 28.2 Å². The van der Waals surface area contributed by atoms with Gasteiger partial charge in [-0.15, -0.1) is 0 Å². The Balaban J connectivity index is 1.64. The fourth-order valence-corrected chi connectivity index (χ4v) is 8.89. The standard InChI is InChI=1S/C38H39Cl2F2N3O3/c1-37(2,3)20-30-38(21-43,27-17-14-24(39)19-29(27)41)32(26-10-7-11-28(40)33(26)42)34-35(46)44(25-15-12-23(13-16-25)36(47)48)31(45(30)34)18-22-8-5-4-6-9-22/h7,10-17,19,22,30-32,34H,4-6,8-9,18,20H2,1-3H3,(H,47,48)/t30-,31+,32-,34+,38-/m0/s1. The molecule has 0 unspecified atom stereocenters. The minimum absolute atomic E-state index is 0.0593. The van der Waals surface area contributed by atoms with Crippen LogP contribution in [0.3, 0.4) is 0 Å². The van der Waals surface area contributed by atoms with Crippen molar-refractivity contribution in [2.75, 3.05) is 4.90 Å². The quantitative estimate of drug-likeness (QED) is 0.267. The summed E-state index contributed by atoms with van der Waals surface area (Å²) in [5.74, 6) is -3.75. The largest absolute Gasteiger partial charge is 0.478 e. The molecule has 0 aromatic heterocycles. The van der Waals surface area contributed by atoms with Crippen LogP contribution in [0.4, 0.5) is 14.5 Å². The first-order valence-corrected chi connectivity index (χ1v) is 17.3. The van der Waals surface area contributed by atoms with Crippen molar-refractivity contribution in [2.45, 2.75) is 95.3 Å². The lowest BCUT2D eigenvalue weighted by Gasteiger charge is -2.43. The highest BCUT2D eigenvalue weighted by Gasteiger charge is 2.70. The van der Waals surface area contributed by atoms with E-state index in [9.17, 15) is 15.2 Å². The fourth-order valence-electron chi connectivity index (χ4n) is 8.55. The van der Waals surface area contributed by atoms with E-state index in [1.54, 1.807) is 23.1 Å². The van der Waals surface area contributed by atoms with Gasteiger partial charge in [0.25, 0.3) is 0 Å². The number of aromatic carboxylic acids is 1. The molecule has 1 aliphatic carbocycles. The van der Waals surface area contributed by atoms with Crippen LogP contribution in [0.1, 0.15) is 93.1 Å². The molecule has 0 bridgehead atoms. The molecule has 252 valence electrons. The number of nitrogens with zero attached hydrogens (tertiary/aromatic N) is 3. The van der Waals surface area contributed by atoms with Crippen LogP contribution in [0, 0.1) is 34.3 Å². The zero-order valence-electron chi connectivity index (χ0n) is 27.2. The first-order chi connectivity index (χ1) is 22.8. The van der Waals surface area contributed by atoms with Gasteiger partial charge in [0.2, 0.25) is 5.91 Å². The molecule has 2 saturated heterocycles. The van der Waals surface area contributed by atoms with E-state index in [0.29, 0.717) is 18.5 Å². The number of carbonyl (C=O) groups is 2. The van der Waals surface area contributed by atoms with Crippen molar-refractivity contribution in [2.24, 2.45) is 11.3 Å². The molecule has 5 atom stereocenters. The molecule has 6 rings (SSSR count). The highest BCUT2D eigenvalue weighted by molar-refractivity contribution is 6.31. The van der Waals surface area contributed by atoms with Gasteiger partial charge in [0.1, 0.15) is 23.1 Å². The summed E-state index contributed by atoms with van der Waals surface area (Å²) >= 11 is 12.6. The Kier molecular flexibility index (Phi) is 9.36. The van der Waals surface area contributed by atoms with Crippen LogP contribution in [0.5, 0.6) is 0 Å². The second-order valence-electron chi connectivity index (χ2n) is 14.7. The van der Waals surface area contributed by atoms with Crippen molar-refractivity contribution < 1.29 is 23.5 Å². The molecule has 6 nitrogen and oxygen atoms in total. The molecule has 2 heterocycles. The fraction of sp³-hybridized carbons (Fsp3) is 0.447. The Hall–Kier alpha value is -3.51. The number of hydrogen-bond donors (Lipinski definition) is 1. The average molecular weight is 695 g/mol. The van der Waals surface area contributed by atoms with Gasteiger partial charge in [-0.3, -0.25) is 14.6 Å². The average Bonchev–Trinajstić information content (AvgIpc) is 3.47. The number of benzene rings is 3. The molecule has 1 amide bonds. The number of nitriles is 1. The van der Waals surface area contributed by atoms with Crippen molar-refractivity contribution >= 4 is 40.8 Å². The molecular formula is C38H39Cl2F2N3O3. The third-order valence-electron chi connectivity index (χ3n) is 10.5. The van der Waals surface area contributed by atoms with Crippen molar-refractivity contribution in [3.05, 3.63) is 99.0 Å². The molecule has 1 N–H and O–H groups in total. The van der Waals surface area contributed by atoms with Crippen molar-refractivity contribution in [3.8, 4) is 6.07 Å². The van der Waals surface area contributed by atoms with Crippen molar-refractivity contribution in [1.82, 2.24) is 4.90 Å². The Morgan fingerprint density at radius 1 is 1.04 bits per heavy atom. The van der Waals surface area contributed by atoms with E-state index < -0.39 is 52.6 Å². The van der Waals surface area contributed by atoms with Crippen LogP contribution in [0.15, 0.2) is 60.7 Å². The molecule has 48 heavy (non-hydrogen) atoms. The van der Waals surface area contributed by atoms with E-state index in [0.717, 1.165) is 38.2 Å². The number of rotatable bonds is 7.